The molecule has 1 aromatic carbocycles. The Morgan fingerprint density at radius 1 is 1.43 bits per heavy atom. The number of aliphatic hydroxyl groups excluding tert-OH is 1. The van der Waals surface area contributed by atoms with Crippen molar-refractivity contribution in [2.75, 3.05) is 26.7 Å². The molecule has 0 aliphatic heterocycles. The van der Waals surface area contributed by atoms with Gasteiger partial charge in [0.15, 0.2) is 0 Å². The van der Waals surface area contributed by atoms with Crippen LogP contribution in [-0.2, 0) is 4.79 Å². The van der Waals surface area contributed by atoms with Gasteiger partial charge in [0.25, 0.3) is 0 Å². The van der Waals surface area contributed by atoms with Gasteiger partial charge in [-0.2, -0.15) is 0 Å². The van der Waals surface area contributed by atoms with E-state index in [-0.39, 0.29) is 18.6 Å². The van der Waals surface area contributed by atoms with Crippen LogP contribution in [0.15, 0.2) is 28.7 Å². The van der Waals surface area contributed by atoms with Gasteiger partial charge in [0.1, 0.15) is 18.5 Å². The van der Waals surface area contributed by atoms with Crippen molar-refractivity contribution in [3.63, 3.8) is 0 Å². The molecule has 2 unspecified atom stereocenters. The smallest absolute Gasteiger partial charge is 0.239 e. The molecule has 0 fully saturated rings. The number of carbonyl (C=O) groups excluding carboxylic acids is 1. The maximum atomic E-state index is 11.8. The summed E-state index contributed by atoms with van der Waals surface area (Å²) in [5.74, 6) is 0.714. The van der Waals surface area contributed by atoms with Crippen molar-refractivity contribution in [2.24, 2.45) is 0 Å². The first-order valence-corrected chi connectivity index (χ1v) is 7.78. The second kappa shape index (κ2) is 9.02. The lowest BCUT2D eigenvalue weighted by atomic mass is 10.2. The molecular formula is C15H23BrN2O3. The summed E-state index contributed by atoms with van der Waals surface area (Å²) in [5, 5.41) is 12.9. The zero-order valence-electron chi connectivity index (χ0n) is 12.7. The van der Waals surface area contributed by atoms with Crippen molar-refractivity contribution < 1.29 is 14.6 Å². The summed E-state index contributed by atoms with van der Waals surface area (Å²) in [7, 11) is 1.76. The molecule has 5 nitrogen and oxygen atoms in total. The fourth-order valence-electron chi connectivity index (χ4n) is 1.67. The second-order valence-corrected chi connectivity index (χ2v) is 5.82. The lowest BCUT2D eigenvalue weighted by molar-refractivity contribution is -0.131. The fraction of sp³-hybridized carbons (Fsp3) is 0.533. The zero-order chi connectivity index (χ0) is 15.8. The third kappa shape index (κ3) is 6.46. The molecule has 0 spiro atoms. The van der Waals surface area contributed by atoms with Gasteiger partial charge in [0.05, 0.1) is 6.04 Å². The summed E-state index contributed by atoms with van der Waals surface area (Å²) in [6, 6.07) is 7.08. The van der Waals surface area contributed by atoms with Gasteiger partial charge < -0.3 is 20.1 Å². The molecule has 118 valence electrons. The highest BCUT2D eigenvalue weighted by molar-refractivity contribution is 9.10. The molecule has 0 bridgehead atoms. The lowest BCUT2D eigenvalue weighted by Crippen LogP contribution is -2.46. The Hall–Kier alpha value is -1.11. The highest BCUT2D eigenvalue weighted by Gasteiger charge is 2.17. The lowest BCUT2D eigenvalue weighted by Gasteiger charge is -2.22. The van der Waals surface area contributed by atoms with E-state index in [0.717, 1.165) is 4.47 Å². The number of hydrogen-bond donors (Lipinski definition) is 2. The van der Waals surface area contributed by atoms with E-state index < -0.39 is 6.10 Å². The molecule has 0 saturated heterocycles. The average molecular weight is 359 g/mol. The number of likely N-dealkylation sites (N-methyl/N-ethyl adjacent to an activating group) is 1. The topological polar surface area (TPSA) is 61.8 Å². The first kappa shape index (κ1) is 17.9. The predicted octanol–water partition coefficient (Wildman–Crippen LogP) is 1.65. The van der Waals surface area contributed by atoms with Gasteiger partial charge in [-0.25, -0.2) is 0 Å². The van der Waals surface area contributed by atoms with Crippen LogP contribution in [-0.4, -0.2) is 54.8 Å². The van der Waals surface area contributed by atoms with Crippen LogP contribution in [0.2, 0.25) is 0 Å². The summed E-state index contributed by atoms with van der Waals surface area (Å²) in [4.78, 5) is 13.5. The molecule has 0 radical (unpaired) electrons. The number of aliphatic hydroxyl groups is 1. The van der Waals surface area contributed by atoms with Gasteiger partial charge in [0.2, 0.25) is 5.91 Å². The van der Waals surface area contributed by atoms with E-state index in [2.05, 4.69) is 21.2 Å². The number of hydrogen-bond acceptors (Lipinski definition) is 4. The van der Waals surface area contributed by atoms with E-state index in [0.29, 0.717) is 18.8 Å². The van der Waals surface area contributed by atoms with E-state index in [4.69, 9.17) is 4.74 Å². The maximum absolute atomic E-state index is 11.8. The molecule has 0 aliphatic rings. The minimum Gasteiger partial charge on any atom is -0.491 e. The summed E-state index contributed by atoms with van der Waals surface area (Å²) < 4.78 is 6.45. The van der Waals surface area contributed by atoms with E-state index in [1.54, 1.807) is 18.9 Å². The number of halogens is 1. The van der Waals surface area contributed by atoms with E-state index in [9.17, 15) is 9.90 Å². The molecular weight excluding hydrogens is 336 g/mol. The molecule has 6 heteroatoms. The SMILES string of the molecule is CCN(C)C(=O)C(C)NCC(O)COc1ccc(Br)cc1. The molecule has 21 heavy (non-hydrogen) atoms. The molecule has 2 atom stereocenters. The summed E-state index contributed by atoms with van der Waals surface area (Å²) in [6.07, 6.45) is -0.671. The Kier molecular flexibility index (Phi) is 7.71. The number of rotatable bonds is 8. The van der Waals surface area contributed by atoms with Gasteiger partial charge in [-0.05, 0) is 38.1 Å². The minimum absolute atomic E-state index is 0.0125. The van der Waals surface area contributed by atoms with Crippen LogP contribution in [0.4, 0.5) is 0 Å². The Labute approximate surface area is 134 Å². The van der Waals surface area contributed by atoms with Crippen molar-refractivity contribution in [3.8, 4) is 5.75 Å². The average Bonchev–Trinajstić information content (AvgIpc) is 2.50. The van der Waals surface area contributed by atoms with Crippen LogP contribution >= 0.6 is 15.9 Å². The molecule has 0 saturated carbocycles. The van der Waals surface area contributed by atoms with Crippen molar-refractivity contribution in [2.45, 2.75) is 26.0 Å². The van der Waals surface area contributed by atoms with Gasteiger partial charge >= 0.3 is 0 Å². The van der Waals surface area contributed by atoms with Crippen LogP contribution in [0.5, 0.6) is 5.75 Å². The van der Waals surface area contributed by atoms with Gasteiger partial charge in [-0.3, -0.25) is 4.79 Å². The van der Waals surface area contributed by atoms with Crippen molar-refractivity contribution >= 4 is 21.8 Å². The Bertz CT molecular complexity index is 439. The number of nitrogens with zero attached hydrogens (tertiary/aromatic N) is 1. The monoisotopic (exact) mass is 358 g/mol. The molecule has 1 amide bonds. The summed E-state index contributed by atoms with van der Waals surface area (Å²) in [5.41, 5.74) is 0. The number of carbonyl (C=O) groups is 1. The number of benzene rings is 1. The molecule has 1 aromatic rings. The van der Waals surface area contributed by atoms with Crippen LogP contribution in [0.3, 0.4) is 0 Å². The van der Waals surface area contributed by atoms with Crippen LogP contribution in [0.25, 0.3) is 0 Å². The van der Waals surface area contributed by atoms with E-state index >= 15 is 0 Å². The largest absolute Gasteiger partial charge is 0.491 e. The highest BCUT2D eigenvalue weighted by Crippen LogP contribution is 2.16. The van der Waals surface area contributed by atoms with Crippen LogP contribution in [0, 0.1) is 0 Å². The number of nitrogens with one attached hydrogen (secondary N) is 1. The highest BCUT2D eigenvalue weighted by atomic mass is 79.9. The first-order valence-electron chi connectivity index (χ1n) is 6.98. The minimum atomic E-state index is -0.671. The molecule has 0 aromatic heterocycles. The molecule has 1 rings (SSSR count). The third-order valence-electron chi connectivity index (χ3n) is 3.14. The van der Waals surface area contributed by atoms with Crippen molar-refractivity contribution in [3.05, 3.63) is 28.7 Å². The van der Waals surface area contributed by atoms with Crippen molar-refractivity contribution in [1.29, 1.82) is 0 Å². The van der Waals surface area contributed by atoms with Crippen molar-refractivity contribution in [1.82, 2.24) is 10.2 Å². The predicted molar refractivity (Wildman–Crippen MR) is 86.4 cm³/mol. The van der Waals surface area contributed by atoms with Crippen LogP contribution in [0.1, 0.15) is 13.8 Å². The normalized spacial score (nSPS) is 13.6. The number of ether oxygens (including phenoxy) is 1. The summed E-state index contributed by atoms with van der Waals surface area (Å²) >= 11 is 3.35. The van der Waals surface area contributed by atoms with Gasteiger partial charge in [-0.1, -0.05) is 15.9 Å². The van der Waals surface area contributed by atoms with Crippen LogP contribution < -0.4 is 10.1 Å². The molecule has 2 N–H and O–H groups in total. The molecule has 0 heterocycles. The number of amides is 1. The van der Waals surface area contributed by atoms with E-state index in [1.165, 1.54) is 0 Å². The quantitative estimate of drug-likeness (QED) is 0.741. The van der Waals surface area contributed by atoms with E-state index in [1.807, 2.05) is 31.2 Å². The second-order valence-electron chi connectivity index (χ2n) is 4.90. The zero-order valence-corrected chi connectivity index (χ0v) is 14.3. The van der Waals surface area contributed by atoms with Gasteiger partial charge in [-0.15, -0.1) is 0 Å². The molecule has 0 aliphatic carbocycles. The third-order valence-corrected chi connectivity index (χ3v) is 3.67. The Balaban J connectivity index is 2.29. The Morgan fingerprint density at radius 2 is 2.05 bits per heavy atom. The first-order chi connectivity index (χ1) is 9.93. The Morgan fingerprint density at radius 3 is 2.62 bits per heavy atom. The maximum Gasteiger partial charge on any atom is 0.239 e. The standard InChI is InChI=1S/C15H23BrN2O3/c1-4-18(3)15(20)11(2)17-9-13(19)10-21-14-7-5-12(16)6-8-14/h5-8,11,13,17,19H,4,9-10H2,1-3H3. The fourth-order valence-corrected chi connectivity index (χ4v) is 1.93. The van der Waals surface area contributed by atoms with Gasteiger partial charge in [0, 0.05) is 24.6 Å². The summed E-state index contributed by atoms with van der Waals surface area (Å²) in [6.45, 7) is 4.86.